The summed E-state index contributed by atoms with van der Waals surface area (Å²) in [6.45, 7) is 4.56. The Balaban J connectivity index is 1.45. The van der Waals surface area contributed by atoms with Crippen molar-refractivity contribution in [3.05, 3.63) is 53.3 Å². The van der Waals surface area contributed by atoms with Crippen molar-refractivity contribution in [2.45, 2.75) is 6.54 Å². The molecule has 1 aromatic carbocycles. The van der Waals surface area contributed by atoms with Crippen LogP contribution in [0.1, 0.15) is 5.56 Å². The molecule has 0 unspecified atom stereocenters. The van der Waals surface area contributed by atoms with Gasteiger partial charge in [0.05, 0.1) is 5.52 Å². The summed E-state index contributed by atoms with van der Waals surface area (Å²) in [7, 11) is 0. The first-order valence-electron chi connectivity index (χ1n) is 8.29. The summed E-state index contributed by atoms with van der Waals surface area (Å²) in [5, 5.41) is 1.57. The largest absolute Gasteiger partial charge is 0.368 e. The van der Waals surface area contributed by atoms with E-state index in [1.54, 1.807) is 6.07 Å². The number of nitrogen functional groups attached to an aromatic ring is 1. The third-order valence-corrected chi connectivity index (χ3v) is 4.70. The second-order valence-corrected chi connectivity index (χ2v) is 6.55. The maximum atomic E-state index is 5.99. The van der Waals surface area contributed by atoms with E-state index in [0.29, 0.717) is 5.15 Å². The molecule has 7 heteroatoms. The first-order valence-corrected chi connectivity index (χ1v) is 8.67. The number of rotatable bonds is 3. The lowest BCUT2D eigenvalue weighted by molar-refractivity contribution is 0.250. The second kappa shape index (κ2) is 6.82. The van der Waals surface area contributed by atoms with Crippen molar-refractivity contribution in [2.75, 3.05) is 36.8 Å². The number of fused-ring (bicyclic) bond motifs is 1. The molecule has 1 aliphatic heterocycles. The Morgan fingerprint density at radius 3 is 2.64 bits per heavy atom. The highest BCUT2D eigenvalue weighted by Crippen LogP contribution is 2.21. The average molecular weight is 355 g/mol. The highest BCUT2D eigenvalue weighted by Gasteiger charge is 2.19. The van der Waals surface area contributed by atoms with Crippen molar-refractivity contribution < 1.29 is 0 Å². The summed E-state index contributed by atoms with van der Waals surface area (Å²) in [5.41, 5.74) is 8.05. The van der Waals surface area contributed by atoms with E-state index in [0.717, 1.165) is 44.1 Å². The van der Waals surface area contributed by atoms with Gasteiger partial charge in [0.2, 0.25) is 5.95 Å². The minimum absolute atomic E-state index is 0.215. The van der Waals surface area contributed by atoms with Crippen LogP contribution in [0.3, 0.4) is 0 Å². The van der Waals surface area contributed by atoms with Crippen LogP contribution in [0.2, 0.25) is 5.15 Å². The topological polar surface area (TPSA) is 71.2 Å². The molecule has 0 radical (unpaired) electrons. The molecule has 0 aliphatic carbocycles. The highest BCUT2D eigenvalue weighted by molar-refractivity contribution is 6.29. The average Bonchev–Trinajstić information content (AvgIpc) is 2.62. The van der Waals surface area contributed by atoms with Gasteiger partial charge in [-0.25, -0.2) is 4.98 Å². The van der Waals surface area contributed by atoms with Gasteiger partial charge in [0.25, 0.3) is 0 Å². The monoisotopic (exact) mass is 354 g/mol. The molecule has 0 bridgehead atoms. The van der Waals surface area contributed by atoms with Gasteiger partial charge < -0.3 is 10.6 Å². The van der Waals surface area contributed by atoms with Crippen molar-refractivity contribution in [3.8, 4) is 0 Å². The molecular formula is C18H19ClN6. The number of pyridine rings is 1. The number of halogens is 1. The van der Waals surface area contributed by atoms with E-state index in [-0.39, 0.29) is 5.95 Å². The fourth-order valence-electron chi connectivity index (χ4n) is 3.26. The molecule has 0 saturated carbocycles. The Kier molecular flexibility index (Phi) is 4.38. The summed E-state index contributed by atoms with van der Waals surface area (Å²) in [6.07, 6.45) is 1.85. The van der Waals surface area contributed by atoms with Crippen molar-refractivity contribution in [2.24, 2.45) is 0 Å². The lowest BCUT2D eigenvalue weighted by Crippen LogP contribution is -2.46. The van der Waals surface area contributed by atoms with E-state index in [2.05, 4.69) is 49.0 Å². The standard InChI is InChI=1S/C18H19ClN6/c19-15-11-16(23-18(20)22-15)25-9-7-24(8-10-25)12-14-4-1-3-13-5-2-6-21-17(13)14/h1-6,11H,7-10,12H2,(H2,20,22,23). The van der Waals surface area contributed by atoms with Crippen LogP contribution in [-0.4, -0.2) is 46.0 Å². The normalized spacial score (nSPS) is 15.6. The highest BCUT2D eigenvalue weighted by atomic mass is 35.5. The van der Waals surface area contributed by atoms with E-state index in [1.807, 2.05) is 12.3 Å². The maximum Gasteiger partial charge on any atom is 0.223 e. The third kappa shape index (κ3) is 3.50. The molecule has 0 amide bonds. The number of nitrogens with two attached hydrogens (primary N) is 1. The number of benzene rings is 1. The minimum Gasteiger partial charge on any atom is -0.368 e. The van der Waals surface area contributed by atoms with Crippen LogP contribution in [0.25, 0.3) is 10.9 Å². The molecule has 1 saturated heterocycles. The SMILES string of the molecule is Nc1nc(Cl)cc(N2CCN(Cc3cccc4cccnc34)CC2)n1. The zero-order chi connectivity index (χ0) is 17.2. The Hall–Kier alpha value is -2.44. The van der Waals surface area contributed by atoms with Crippen molar-refractivity contribution in [1.82, 2.24) is 19.9 Å². The number of nitrogens with zero attached hydrogens (tertiary/aromatic N) is 5. The van der Waals surface area contributed by atoms with Crippen LogP contribution in [0, 0.1) is 0 Å². The second-order valence-electron chi connectivity index (χ2n) is 6.16. The number of anilines is 2. The molecule has 2 N–H and O–H groups in total. The fraction of sp³-hybridized carbons (Fsp3) is 0.278. The third-order valence-electron chi connectivity index (χ3n) is 4.51. The summed E-state index contributed by atoms with van der Waals surface area (Å²) >= 11 is 5.99. The van der Waals surface area contributed by atoms with Gasteiger partial charge in [0, 0.05) is 50.4 Å². The zero-order valence-electron chi connectivity index (χ0n) is 13.8. The van der Waals surface area contributed by atoms with Crippen LogP contribution < -0.4 is 10.6 Å². The van der Waals surface area contributed by atoms with Gasteiger partial charge in [-0.05, 0) is 11.6 Å². The number of piperazine rings is 1. The van der Waals surface area contributed by atoms with Gasteiger partial charge in [-0.15, -0.1) is 0 Å². The van der Waals surface area contributed by atoms with E-state index in [4.69, 9.17) is 17.3 Å². The molecule has 128 valence electrons. The van der Waals surface area contributed by atoms with E-state index in [9.17, 15) is 0 Å². The molecule has 1 fully saturated rings. The van der Waals surface area contributed by atoms with Crippen molar-refractivity contribution in [1.29, 1.82) is 0 Å². The van der Waals surface area contributed by atoms with Gasteiger partial charge in [-0.3, -0.25) is 9.88 Å². The summed E-state index contributed by atoms with van der Waals surface area (Å²) < 4.78 is 0. The molecule has 25 heavy (non-hydrogen) atoms. The van der Waals surface area contributed by atoms with Gasteiger partial charge in [0.1, 0.15) is 11.0 Å². The summed E-state index contributed by atoms with van der Waals surface area (Å²) in [6, 6.07) is 12.2. The predicted octanol–water partition coefficient (Wildman–Crippen LogP) is 2.58. The van der Waals surface area contributed by atoms with Gasteiger partial charge in [-0.2, -0.15) is 4.98 Å². The number of para-hydroxylation sites is 1. The molecule has 6 nitrogen and oxygen atoms in total. The first-order chi connectivity index (χ1) is 12.2. The molecule has 3 aromatic rings. The Morgan fingerprint density at radius 1 is 1.04 bits per heavy atom. The lowest BCUT2D eigenvalue weighted by Gasteiger charge is -2.35. The van der Waals surface area contributed by atoms with Crippen LogP contribution >= 0.6 is 11.6 Å². The predicted molar refractivity (Wildman–Crippen MR) is 101 cm³/mol. The molecule has 4 rings (SSSR count). The van der Waals surface area contributed by atoms with Crippen LogP contribution in [0.4, 0.5) is 11.8 Å². The number of aromatic nitrogens is 3. The molecule has 1 aliphatic rings. The van der Waals surface area contributed by atoms with Gasteiger partial charge in [-0.1, -0.05) is 35.9 Å². The summed E-state index contributed by atoms with van der Waals surface area (Å²) in [4.78, 5) is 17.4. The van der Waals surface area contributed by atoms with E-state index < -0.39 is 0 Å². The molecule has 0 spiro atoms. The maximum absolute atomic E-state index is 5.99. The van der Waals surface area contributed by atoms with Crippen molar-refractivity contribution in [3.63, 3.8) is 0 Å². The van der Waals surface area contributed by atoms with Crippen LogP contribution in [0.5, 0.6) is 0 Å². The molecule has 3 heterocycles. The molecule has 2 aromatic heterocycles. The fourth-order valence-corrected chi connectivity index (χ4v) is 3.44. The number of hydrogen-bond acceptors (Lipinski definition) is 6. The van der Waals surface area contributed by atoms with Gasteiger partial charge in [0.15, 0.2) is 0 Å². The molecular weight excluding hydrogens is 336 g/mol. The minimum atomic E-state index is 0.215. The van der Waals surface area contributed by atoms with E-state index >= 15 is 0 Å². The lowest BCUT2D eigenvalue weighted by atomic mass is 10.1. The van der Waals surface area contributed by atoms with Crippen LogP contribution in [0.15, 0.2) is 42.6 Å². The van der Waals surface area contributed by atoms with Gasteiger partial charge >= 0.3 is 0 Å². The van der Waals surface area contributed by atoms with Crippen molar-refractivity contribution >= 4 is 34.3 Å². The van der Waals surface area contributed by atoms with E-state index in [1.165, 1.54) is 10.9 Å². The molecule has 0 atom stereocenters. The Bertz CT molecular complexity index is 866. The summed E-state index contributed by atoms with van der Waals surface area (Å²) in [5.74, 6) is 1.01. The first kappa shape index (κ1) is 16.1. The van der Waals surface area contributed by atoms with Crippen LogP contribution in [-0.2, 0) is 6.54 Å². The number of hydrogen-bond donors (Lipinski definition) is 1. The quantitative estimate of drug-likeness (QED) is 0.729. The zero-order valence-corrected chi connectivity index (χ0v) is 14.5. The Morgan fingerprint density at radius 2 is 1.84 bits per heavy atom. The smallest absolute Gasteiger partial charge is 0.223 e. The Labute approximate surface area is 151 Å².